The predicted octanol–water partition coefficient (Wildman–Crippen LogP) is 3.41. The van der Waals surface area contributed by atoms with Crippen LogP contribution in [0.1, 0.15) is 25.6 Å². The molecule has 16 heavy (non-hydrogen) atoms. The van der Waals surface area contributed by atoms with E-state index < -0.39 is 0 Å². The summed E-state index contributed by atoms with van der Waals surface area (Å²) in [6.07, 6.45) is -0.0632. The van der Waals surface area contributed by atoms with Crippen molar-refractivity contribution in [3.8, 4) is 0 Å². The van der Waals surface area contributed by atoms with Crippen LogP contribution in [-0.2, 0) is 4.74 Å². The molecule has 0 aromatic heterocycles. The molecule has 2 rings (SSSR count). The largest absolute Gasteiger partial charge is 0.358 e. The molecule has 1 atom stereocenters. The SMILES string of the molecule is CC1(C)CNC(c2ccccc2Cl)OC1.Cl. The van der Waals surface area contributed by atoms with Crippen LogP contribution in [-0.4, -0.2) is 13.2 Å². The van der Waals surface area contributed by atoms with E-state index in [9.17, 15) is 0 Å². The second-order valence-electron chi connectivity index (χ2n) is 4.76. The number of ether oxygens (including phenoxy) is 1. The minimum absolute atomic E-state index is 0. The van der Waals surface area contributed by atoms with Crippen molar-refractivity contribution in [2.24, 2.45) is 5.41 Å². The lowest BCUT2D eigenvalue weighted by atomic mass is 9.93. The highest BCUT2D eigenvalue weighted by Gasteiger charge is 2.28. The molecular weight excluding hydrogens is 245 g/mol. The third-order valence-electron chi connectivity index (χ3n) is 2.59. The average Bonchev–Trinajstić information content (AvgIpc) is 2.19. The standard InChI is InChI=1S/C12H16ClNO.ClH/c1-12(2)7-14-11(15-8-12)9-5-3-4-6-10(9)13;/h3-6,11,14H,7-8H2,1-2H3;1H. The van der Waals surface area contributed by atoms with Gasteiger partial charge in [0, 0.05) is 22.5 Å². The first kappa shape index (κ1) is 13.8. The Morgan fingerprint density at radius 1 is 1.38 bits per heavy atom. The lowest BCUT2D eigenvalue weighted by Crippen LogP contribution is -2.43. The van der Waals surface area contributed by atoms with Gasteiger partial charge < -0.3 is 4.74 Å². The van der Waals surface area contributed by atoms with E-state index in [2.05, 4.69) is 19.2 Å². The van der Waals surface area contributed by atoms with Gasteiger partial charge in [-0.1, -0.05) is 43.6 Å². The highest BCUT2D eigenvalue weighted by atomic mass is 35.5. The minimum atomic E-state index is -0.0632. The van der Waals surface area contributed by atoms with Crippen LogP contribution in [0.4, 0.5) is 0 Å². The molecule has 1 saturated heterocycles. The Hall–Kier alpha value is -0.280. The van der Waals surface area contributed by atoms with Crippen molar-refractivity contribution < 1.29 is 4.74 Å². The Labute approximate surface area is 108 Å². The summed E-state index contributed by atoms with van der Waals surface area (Å²) in [7, 11) is 0. The summed E-state index contributed by atoms with van der Waals surface area (Å²) < 4.78 is 5.76. The minimum Gasteiger partial charge on any atom is -0.358 e. The van der Waals surface area contributed by atoms with E-state index in [1.54, 1.807) is 0 Å². The molecule has 0 bridgehead atoms. The van der Waals surface area contributed by atoms with Crippen LogP contribution in [0.3, 0.4) is 0 Å². The zero-order chi connectivity index (χ0) is 10.9. The van der Waals surface area contributed by atoms with Crippen molar-refractivity contribution in [1.29, 1.82) is 0 Å². The maximum atomic E-state index is 6.11. The van der Waals surface area contributed by atoms with Gasteiger partial charge in [-0.25, -0.2) is 0 Å². The van der Waals surface area contributed by atoms with Crippen molar-refractivity contribution >= 4 is 24.0 Å². The summed E-state index contributed by atoms with van der Waals surface area (Å²) in [4.78, 5) is 0. The molecule has 0 saturated carbocycles. The summed E-state index contributed by atoms with van der Waals surface area (Å²) >= 11 is 6.11. The Balaban J connectivity index is 0.00000128. The van der Waals surface area contributed by atoms with Crippen LogP contribution >= 0.6 is 24.0 Å². The Morgan fingerprint density at radius 2 is 2.06 bits per heavy atom. The monoisotopic (exact) mass is 261 g/mol. The summed E-state index contributed by atoms with van der Waals surface area (Å²) in [5, 5.41) is 4.12. The van der Waals surface area contributed by atoms with Gasteiger partial charge in [0.25, 0.3) is 0 Å². The molecule has 0 spiro atoms. The highest BCUT2D eigenvalue weighted by Crippen LogP contribution is 2.29. The van der Waals surface area contributed by atoms with Gasteiger partial charge in [0.05, 0.1) is 6.61 Å². The number of rotatable bonds is 1. The molecule has 0 radical (unpaired) electrons. The third-order valence-corrected chi connectivity index (χ3v) is 2.94. The van der Waals surface area contributed by atoms with Crippen molar-refractivity contribution in [2.45, 2.75) is 20.1 Å². The van der Waals surface area contributed by atoms with Crippen molar-refractivity contribution in [2.75, 3.05) is 13.2 Å². The van der Waals surface area contributed by atoms with E-state index in [-0.39, 0.29) is 24.0 Å². The van der Waals surface area contributed by atoms with Gasteiger partial charge >= 0.3 is 0 Å². The molecule has 0 aliphatic carbocycles. The Kier molecular flexibility index (Phi) is 4.62. The maximum Gasteiger partial charge on any atom is 0.135 e. The van der Waals surface area contributed by atoms with E-state index >= 15 is 0 Å². The number of halogens is 2. The van der Waals surface area contributed by atoms with Gasteiger partial charge in [-0.3, -0.25) is 5.32 Å². The van der Waals surface area contributed by atoms with Crippen LogP contribution in [0.15, 0.2) is 24.3 Å². The van der Waals surface area contributed by atoms with Gasteiger partial charge in [-0.15, -0.1) is 12.4 Å². The van der Waals surface area contributed by atoms with Crippen molar-refractivity contribution in [3.63, 3.8) is 0 Å². The third kappa shape index (κ3) is 3.11. The first-order chi connectivity index (χ1) is 7.08. The topological polar surface area (TPSA) is 21.3 Å². The number of benzene rings is 1. The van der Waals surface area contributed by atoms with Gasteiger partial charge in [-0.05, 0) is 6.07 Å². The summed E-state index contributed by atoms with van der Waals surface area (Å²) in [6, 6.07) is 7.80. The molecule has 1 aromatic carbocycles. The molecule has 2 nitrogen and oxygen atoms in total. The van der Waals surface area contributed by atoms with E-state index in [1.165, 1.54) is 0 Å². The summed E-state index contributed by atoms with van der Waals surface area (Å²) in [6.45, 7) is 6.07. The van der Waals surface area contributed by atoms with Crippen LogP contribution in [0.2, 0.25) is 5.02 Å². The first-order valence-corrected chi connectivity index (χ1v) is 5.56. The number of nitrogens with one attached hydrogen (secondary N) is 1. The number of hydrogen-bond donors (Lipinski definition) is 1. The molecule has 1 aromatic rings. The van der Waals surface area contributed by atoms with E-state index in [0.717, 1.165) is 23.7 Å². The van der Waals surface area contributed by atoms with E-state index in [0.29, 0.717) is 0 Å². The summed E-state index contributed by atoms with van der Waals surface area (Å²) in [5.41, 5.74) is 1.23. The molecule has 0 amide bonds. The zero-order valence-electron chi connectivity index (χ0n) is 9.50. The zero-order valence-corrected chi connectivity index (χ0v) is 11.1. The molecule has 1 unspecified atom stereocenters. The quantitative estimate of drug-likeness (QED) is 0.837. The molecule has 4 heteroatoms. The van der Waals surface area contributed by atoms with Gasteiger partial charge in [0.15, 0.2) is 0 Å². The lowest BCUT2D eigenvalue weighted by Gasteiger charge is -2.35. The Bertz CT molecular complexity index is 345. The fourth-order valence-electron chi connectivity index (χ4n) is 1.68. The lowest BCUT2D eigenvalue weighted by molar-refractivity contribution is -0.0594. The molecule has 1 aliphatic heterocycles. The van der Waals surface area contributed by atoms with Crippen molar-refractivity contribution in [1.82, 2.24) is 5.32 Å². The van der Waals surface area contributed by atoms with Crippen molar-refractivity contribution in [3.05, 3.63) is 34.9 Å². The van der Waals surface area contributed by atoms with Crippen LogP contribution in [0.5, 0.6) is 0 Å². The second kappa shape index (κ2) is 5.37. The van der Waals surface area contributed by atoms with Crippen LogP contribution < -0.4 is 5.32 Å². The van der Waals surface area contributed by atoms with Gasteiger partial charge in [0.1, 0.15) is 6.23 Å². The van der Waals surface area contributed by atoms with Gasteiger partial charge in [0.2, 0.25) is 0 Å². The molecule has 90 valence electrons. The molecule has 1 heterocycles. The smallest absolute Gasteiger partial charge is 0.135 e. The molecule has 1 fully saturated rings. The first-order valence-electron chi connectivity index (χ1n) is 5.18. The normalized spacial score (nSPS) is 23.6. The highest BCUT2D eigenvalue weighted by molar-refractivity contribution is 6.31. The molecule has 1 N–H and O–H groups in total. The van der Waals surface area contributed by atoms with Crippen LogP contribution in [0, 0.1) is 5.41 Å². The Morgan fingerprint density at radius 3 is 2.62 bits per heavy atom. The maximum absolute atomic E-state index is 6.11. The fourth-order valence-corrected chi connectivity index (χ4v) is 1.91. The van der Waals surface area contributed by atoms with Gasteiger partial charge in [-0.2, -0.15) is 0 Å². The van der Waals surface area contributed by atoms with E-state index in [1.807, 2.05) is 24.3 Å². The molecular formula is C12H17Cl2NO. The molecule has 1 aliphatic rings. The summed E-state index contributed by atoms with van der Waals surface area (Å²) in [5.74, 6) is 0. The second-order valence-corrected chi connectivity index (χ2v) is 5.16. The van der Waals surface area contributed by atoms with E-state index in [4.69, 9.17) is 16.3 Å². The fraction of sp³-hybridized carbons (Fsp3) is 0.500. The number of hydrogen-bond acceptors (Lipinski definition) is 2. The van der Waals surface area contributed by atoms with Crippen LogP contribution in [0.25, 0.3) is 0 Å². The predicted molar refractivity (Wildman–Crippen MR) is 69.2 cm³/mol. The average molecular weight is 262 g/mol.